The normalized spacial score (nSPS) is 13.4. The minimum Gasteiger partial charge on any atom is -0.489 e. The third-order valence-corrected chi connectivity index (χ3v) is 4.33. The van der Waals surface area contributed by atoms with Crippen molar-refractivity contribution < 1.29 is 13.2 Å². The van der Waals surface area contributed by atoms with Gasteiger partial charge in [0.05, 0.1) is 4.90 Å². The van der Waals surface area contributed by atoms with Crippen LogP contribution >= 0.6 is 0 Å². The minimum absolute atomic E-state index is 0.218. The van der Waals surface area contributed by atoms with E-state index >= 15 is 0 Å². The van der Waals surface area contributed by atoms with Gasteiger partial charge in [-0.1, -0.05) is 24.3 Å². The summed E-state index contributed by atoms with van der Waals surface area (Å²) in [5, 5.41) is 0. The van der Waals surface area contributed by atoms with Crippen molar-refractivity contribution in [1.29, 1.82) is 0 Å². The van der Waals surface area contributed by atoms with Gasteiger partial charge in [0.15, 0.2) is 0 Å². The molecule has 0 unspecified atom stereocenters. The number of ether oxygens (including phenoxy) is 1. The Balaban J connectivity index is 1.94. The molecule has 0 aliphatic carbocycles. The average Bonchev–Trinajstić information content (AvgIpc) is 2.47. The summed E-state index contributed by atoms with van der Waals surface area (Å²) in [6.45, 7) is 0.515. The van der Waals surface area contributed by atoms with Crippen LogP contribution in [0.5, 0.6) is 5.75 Å². The topological polar surface area (TPSA) is 55.4 Å². The van der Waals surface area contributed by atoms with Crippen LogP contribution in [0.3, 0.4) is 0 Å². The van der Waals surface area contributed by atoms with Crippen LogP contribution in [-0.4, -0.2) is 15.0 Å². The highest BCUT2D eigenvalue weighted by Crippen LogP contribution is 2.27. The van der Waals surface area contributed by atoms with Crippen molar-refractivity contribution in [3.63, 3.8) is 0 Å². The van der Waals surface area contributed by atoms with Gasteiger partial charge >= 0.3 is 0 Å². The maximum Gasteiger partial charge on any atom is 0.261 e. The molecule has 0 saturated heterocycles. The third kappa shape index (κ3) is 2.53. The molecule has 3 rings (SSSR count). The molecule has 2 aromatic carbocycles. The van der Waals surface area contributed by atoms with Gasteiger partial charge in [0.2, 0.25) is 0 Å². The lowest BCUT2D eigenvalue weighted by Gasteiger charge is -2.14. The molecule has 1 aliphatic heterocycles. The van der Waals surface area contributed by atoms with E-state index < -0.39 is 10.0 Å². The number of sulfonamides is 1. The van der Waals surface area contributed by atoms with Crippen molar-refractivity contribution in [1.82, 2.24) is 0 Å². The van der Waals surface area contributed by atoms with Crippen molar-refractivity contribution >= 4 is 21.8 Å². The van der Waals surface area contributed by atoms with E-state index in [9.17, 15) is 8.42 Å². The molecule has 0 bridgehead atoms. The van der Waals surface area contributed by atoms with Gasteiger partial charge in [-0.2, -0.15) is 0 Å². The van der Waals surface area contributed by atoms with Crippen LogP contribution in [0.1, 0.15) is 5.56 Å². The zero-order valence-corrected chi connectivity index (χ0v) is 11.4. The van der Waals surface area contributed by atoms with Crippen molar-refractivity contribution in [2.24, 2.45) is 0 Å². The van der Waals surface area contributed by atoms with Crippen LogP contribution in [0.2, 0.25) is 0 Å². The molecule has 0 radical (unpaired) electrons. The summed E-state index contributed by atoms with van der Waals surface area (Å²) in [5.41, 5.74) is 1.31. The summed E-state index contributed by atoms with van der Waals surface area (Å²) < 4.78 is 32.6. The Bertz CT molecular complexity index is 752. The number of benzene rings is 2. The number of hydrogen-bond donors (Lipinski definition) is 1. The molecule has 4 nitrogen and oxygen atoms in total. The van der Waals surface area contributed by atoms with Gasteiger partial charge < -0.3 is 4.74 Å². The first-order valence-electron chi connectivity index (χ1n) is 6.16. The molecule has 102 valence electrons. The first kappa shape index (κ1) is 12.7. The van der Waals surface area contributed by atoms with E-state index in [4.69, 9.17) is 4.74 Å². The number of hydrogen-bond acceptors (Lipinski definition) is 3. The molecular weight excluding hydrogens is 274 g/mol. The molecule has 0 fully saturated rings. The van der Waals surface area contributed by atoms with Crippen LogP contribution in [-0.2, 0) is 10.0 Å². The smallest absolute Gasteiger partial charge is 0.261 e. The molecule has 0 saturated carbocycles. The lowest BCUT2D eigenvalue weighted by atomic mass is 10.1. The van der Waals surface area contributed by atoms with Crippen molar-refractivity contribution in [2.75, 3.05) is 11.3 Å². The fourth-order valence-corrected chi connectivity index (χ4v) is 3.08. The fourth-order valence-electron chi connectivity index (χ4n) is 1.99. The van der Waals surface area contributed by atoms with Crippen LogP contribution in [0.25, 0.3) is 6.08 Å². The Hall–Kier alpha value is -2.27. The monoisotopic (exact) mass is 287 g/mol. The van der Waals surface area contributed by atoms with Gasteiger partial charge in [-0.05, 0) is 36.4 Å². The Labute approximate surface area is 117 Å². The third-order valence-electron chi connectivity index (χ3n) is 2.95. The van der Waals surface area contributed by atoms with E-state index in [1.807, 2.05) is 18.2 Å². The summed E-state index contributed by atoms with van der Waals surface area (Å²) >= 11 is 0. The van der Waals surface area contributed by atoms with Gasteiger partial charge in [0.25, 0.3) is 10.0 Å². The minimum atomic E-state index is -3.59. The second-order valence-corrected chi connectivity index (χ2v) is 6.07. The Morgan fingerprint density at radius 3 is 2.65 bits per heavy atom. The second kappa shape index (κ2) is 5.02. The van der Waals surface area contributed by atoms with Crippen molar-refractivity contribution in [3.05, 3.63) is 60.2 Å². The highest BCUT2D eigenvalue weighted by Gasteiger charge is 2.16. The number of rotatable bonds is 3. The summed E-state index contributed by atoms with van der Waals surface area (Å²) in [7, 11) is -3.59. The number of nitrogens with one attached hydrogen (secondary N) is 1. The van der Waals surface area contributed by atoms with E-state index in [0.29, 0.717) is 18.0 Å². The first-order valence-corrected chi connectivity index (χ1v) is 7.65. The van der Waals surface area contributed by atoms with Crippen LogP contribution in [0.15, 0.2) is 59.5 Å². The predicted molar refractivity (Wildman–Crippen MR) is 78.2 cm³/mol. The van der Waals surface area contributed by atoms with Crippen LogP contribution < -0.4 is 9.46 Å². The van der Waals surface area contributed by atoms with Gasteiger partial charge in [0.1, 0.15) is 12.4 Å². The van der Waals surface area contributed by atoms with Gasteiger partial charge in [-0.25, -0.2) is 8.42 Å². The lowest BCUT2D eigenvalue weighted by Crippen LogP contribution is -2.13. The molecule has 2 aromatic rings. The highest BCUT2D eigenvalue weighted by atomic mass is 32.2. The number of fused-ring (bicyclic) bond motifs is 1. The van der Waals surface area contributed by atoms with Crippen molar-refractivity contribution in [2.45, 2.75) is 4.90 Å². The second-order valence-electron chi connectivity index (χ2n) is 4.38. The van der Waals surface area contributed by atoms with E-state index in [1.165, 1.54) is 0 Å². The number of anilines is 1. The van der Waals surface area contributed by atoms with E-state index in [2.05, 4.69) is 4.72 Å². The van der Waals surface area contributed by atoms with E-state index in [-0.39, 0.29) is 4.90 Å². The summed E-state index contributed by atoms with van der Waals surface area (Å²) in [4.78, 5) is 0.218. The molecule has 0 spiro atoms. The standard InChI is InChI=1S/C15H13NO3S/c17-20(18,16-13-6-2-1-3-7-13)14-8-9-15-12(11-14)5-4-10-19-15/h1-9,11,16H,10H2. The molecule has 0 atom stereocenters. The van der Waals surface area contributed by atoms with Crippen LogP contribution in [0, 0.1) is 0 Å². The molecule has 1 N–H and O–H groups in total. The Morgan fingerprint density at radius 2 is 1.85 bits per heavy atom. The molecular formula is C15H13NO3S. The Morgan fingerprint density at radius 1 is 1.05 bits per heavy atom. The largest absolute Gasteiger partial charge is 0.489 e. The molecule has 0 aromatic heterocycles. The van der Waals surface area contributed by atoms with Gasteiger partial charge in [0, 0.05) is 11.3 Å². The molecule has 0 amide bonds. The van der Waals surface area contributed by atoms with Gasteiger partial charge in [-0.3, -0.25) is 4.72 Å². The lowest BCUT2D eigenvalue weighted by molar-refractivity contribution is 0.358. The molecule has 5 heteroatoms. The maximum atomic E-state index is 12.3. The van der Waals surface area contributed by atoms with E-state index in [0.717, 1.165) is 5.56 Å². The predicted octanol–water partition coefficient (Wildman–Crippen LogP) is 2.89. The Kier molecular flexibility index (Phi) is 3.20. The van der Waals surface area contributed by atoms with Gasteiger partial charge in [-0.15, -0.1) is 0 Å². The first-order chi connectivity index (χ1) is 9.65. The molecule has 1 aliphatic rings. The SMILES string of the molecule is O=S(=O)(Nc1ccccc1)c1ccc2c(c1)C=CCO2. The fraction of sp³-hybridized carbons (Fsp3) is 0.0667. The quantitative estimate of drug-likeness (QED) is 0.944. The zero-order valence-electron chi connectivity index (χ0n) is 10.6. The number of para-hydroxylation sites is 1. The summed E-state index contributed by atoms with van der Waals surface area (Å²) in [6, 6.07) is 13.6. The highest BCUT2D eigenvalue weighted by molar-refractivity contribution is 7.92. The van der Waals surface area contributed by atoms with Crippen LogP contribution in [0.4, 0.5) is 5.69 Å². The summed E-state index contributed by atoms with van der Waals surface area (Å²) in [6.07, 6.45) is 3.71. The average molecular weight is 287 g/mol. The molecule has 1 heterocycles. The zero-order chi connectivity index (χ0) is 14.0. The molecule has 20 heavy (non-hydrogen) atoms. The maximum absolute atomic E-state index is 12.3. The summed E-state index contributed by atoms with van der Waals surface area (Å²) in [5.74, 6) is 0.700. The van der Waals surface area contributed by atoms with E-state index in [1.54, 1.807) is 42.5 Å². The van der Waals surface area contributed by atoms with Crippen molar-refractivity contribution in [3.8, 4) is 5.75 Å².